The molecule has 1 rings (SSSR count). The van der Waals surface area contributed by atoms with E-state index in [9.17, 15) is 9.59 Å². The lowest BCUT2D eigenvalue weighted by Gasteiger charge is -2.38. The van der Waals surface area contributed by atoms with Crippen LogP contribution in [-0.2, 0) is 9.59 Å². The fourth-order valence-corrected chi connectivity index (χ4v) is 2.21. The molecule has 1 fully saturated rings. The van der Waals surface area contributed by atoms with Gasteiger partial charge in [0.1, 0.15) is 0 Å². The number of rotatable bonds is 3. The lowest BCUT2D eigenvalue weighted by Crippen LogP contribution is -2.58. The first kappa shape index (κ1) is 17.2. The van der Waals surface area contributed by atoms with Gasteiger partial charge in [0.05, 0.1) is 5.54 Å². The number of hydrogen-bond donors (Lipinski definition) is 1. The van der Waals surface area contributed by atoms with Crippen LogP contribution in [0, 0.1) is 0 Å². The molecule has 0 aromatic carbocycles. The Kier molecular flexibility index (Phi) is 6.63. The van der Waals surface area contributed by atoms with E-state index in [4.69, 9.17) is 5.73 Å². The third-order valence-electron chi connectivity index (χ3n) is 3.27. The third kappa shape index (κ3) is 4.14. The van der Waals surface area contributed by atoms with Gasteiger partial charge in [-0.15, -0.1) is 12.4 Å². The Morgan fingerprint density at radius 1 is 1.17 bits per heavy atom. The van der Waals surface area contributed by atoms with Crippen LogP contribution in [0.5, 0.6) is 0 Å². The largest absolute Gasteiger partial charge is 0.339 e. The molecular formula is C12H24ClN3O2. The van der Waals surface area contributed by atoms with Crippen molar-refractivity contribution in [2.75, 3.05) is 26.2 Å². The Hall–Kier alpha value is -0.810. The van der Waals surface area contributed by atoms with Gasteiger partial charge in [-0.1, -0.05) is 13.3 Å². The Morgan fingerprint density at radius 2 is 1.61 bits per heavy atom. The van der Waals surface area contributed by atoms with Gasteiger partial charge < -0.3 is 15.5 Å². The van der Waals surface area contributed by atoms with Crippen LogP contribution in [-0.4, -0.2) is 53.3 Å². The van der Waals surface area contributed by atoms with E-state index < -0.39 is 5.54 Å². The van der Waals surface area contributed by atoms with Crippen LogP contribution in [0.2, 0.25) is 0 Å². The highest BCUT2D eigenvalue weighted by Crippen LogP contribution is 2.14. The van der Waals surface area contributed by atoms with Crippen LogP contribution < -0.4 is 5.73 Å². The van der Waals surface area contributed by atoms with E-state index in [0.717, 1.165) is 6.42 Å². The molecule has 1 aliphatic rings. The van der Waals surface area contributed by atoms with Gasteiger partial charge in [0, 0.05) is 33.1 Å². The van der Waals surface area contributed by atoms with E-state index in [1.54, 1.807) is 23.6 Å². The van der Waals surface area contributed by atoms with Crippen molar-refractivity contribution in [1.82, 2.24) is 9.80 Å². The summed E-state index contributed by atoms with van der Waals surface area (Å²) in [5.74, 6) is 0.0729. The SMILES string of the molecule is CCCC(C)(N)C(=O)N1CCN(C(C)=O)CC1.Cl. The molecule has 1 atom stereocenters. The zero-order valence-corrected chi connectivity index (χ0v) is 12.3. The van der Waals surface area contributed by atoms with Crippen molar-refractivity contribution in [3.8, 4) is 0 Å². The van der Waals surface area contributed by atoms with Crippen LogP contribution in [0.1, 0.15) is 33.6 Å². The number of hydrogen-bond acceptors (Lipinski definition) is 3. The van der Waals surface area contributed by atoms with E-state index in [1.807, 2.05) is 6.92 Å². The number of halogens is 1. The summed E-state index contributed by atoms with van der Waals surface area (Å²) in [5, 5.41) is 0. The number of carbonyl (C=O) groups excluding carboxylic acids is 2. The molecular weight excluding hydrogens is 254 g/mol. The Bertz CT molecular complexity index is 300. The van der Waals surface area contributed by atoms with Crippen LogP contribution in [0.3, 0.4) is 0 Å². The van der Waals surface area contributed by atoms with Crippen LogP contribution in [0.15, 0.2) is 0 Å². The van der Waals surface area contributed by atoms with Crippen molar-refractivity contribution in [1.29, 1.82) is 0 Å². The average Bonchev–Trinajstić information content (AvgIpc) is 2.28. The second-order valence-electron chi connectivity index (χ2n) is 4.97. The summed E-state index contributed by atoms with van der Waals surface area (Å²) in [5.41, 5.74) is 5.25. The predicted molar refractivity (Wildman–Crippen MR) is 73.6 cm³/mol. The highest BCUT2D eigenvalue weighted by Gasteiger charge is 2.33. The summed E-state index contributed by atoms with van der Waals surface area (Å²) >= 11 is 0. The minimum Gasteiger partial charge on any atom is -0.339 e. The number of carbonyl (C=O) groups is 2. The van der Waals surface area contributed by atoms with Crippen LogP contribution in [0.4, 0.5) is 0 Å². The highest BCUT2D eigenvalue weighted by molar-refractivity contribution is 5.86. The normalized spacial score (nSPS) is 18.9. The molecule has 0 saturated carbocycles. The second-order valence-corrected chi connectivity index (χ2v) is 4.97. The van der Waals surface area contributed by atoms with Crippen LogP contribution in [0.25, 0.3) is 0 Å². The van der Waals surface area contributed by atoms with E-state index in [1.165, 1.54) is 0 Å². The first-order chi connectivity index (χ1) is 7.88. The second kappa shape index (κ2) is 6.95. The van der Waals surface area contributed by atoms with Gasteiger partial charge in [0.15, 0.2) is 0 Å². The minimum absolute atomic E-state index is 0. The standard InChI is InChI=1S/C12H23N3O2.ClH/c1-4-5-12(3,13)11(17)15-8-6-14(7-9-15)10(2)16;/h4-9,13H2,1-3H3;1H. The number of nitrogens with zero attached hydrogens (tertiary/aromatic N) is 2. The topological polar surface area (TPSA) is 66.6 Å². The Labute approximate surface area is 115 Å². The molecule has 1 saturated heterocycles. The average molecular weight is 278 g/mol. The molecule has 0 bridgehead atoms. The summed E-state index contributed by atoms with van der Waals surface area (Å²) in [4.78, 5) is 26.9. The van der Waals surface area contributed by atoms with Gasteiger partial charge in [-0.3, -0.25) is 9.59 Å². The van der Waals surface area contributed by atoms with Crippen molar-refractivity contribution in [3.05, 3.63) is 0 Å². The molecule has 1 aliphatic heterocycles. The predicted octanol–water partition coefficient (Wildman–Crippen LogP) is 0.616. The minimum atomic E-state index is -0.771. The van der Waals surface area contributed by atoms with Gasteiger partial charge in [0.2, 0.25) is 11.8 Å². The molecule has 0 spiro atoms. The molecule has 1 heterocycles. The van der Waals surface area contributed by atoms with Crippen molar-refractivity contribution in [3.63, 3.8) is 0 Å². The van der Waals surface area contributed by atoms with Crippen LogP contribution >= 0.6 is 12.4 Å². The zero-order valence-electron chi connectivity index (χ0n) is 11.4. The maximum absolute atomic E-state index is 12.2. The maximum Gasteiger partial charge on any atom is 0.242 e. The molecule has 0 aromatic heterocycles. The summed E-state index contributed by atoms with van der Waals surface area (Å²) in [6, 6.07) is 0. The van der Waals surface area contributed by atoms with Crippen molar-refractivity contribution in [2.45, 2.75) is 39.2 Å². The van der Waals surface area contributed by atoms with Crippen molar-refractivity contribution >= 4 is 24.2 Å². The molecule has 18 heavy (non-hydrogen) atoms. The highest BCUT2D eigenvalue weighted by atomic mass is 35.5. The van der Waals surface area contributed by atoms with Gasteiger partial charge in [-0.25, -0.2) is 0 Å². The quantitative estimate of drug-likeness (QED) is 0.822. The molecule has 2 amide bonds. The molecule has 5 nitrogen and oxygen atoms in total. The van der Waals surface area contributed by atoms with E-state index in [-0.39, 0.29) is 24.2 Å². The fraction of sp³-hybridized carbons (Fsp3) is 0.833. The molecule has 1 unspecified atom stereocenters. The number of piperazine rings is 1. The van der Waals surface area contributed by atoms with E-state index in [2.05, 4.69) is 0 Å². The van der Waals surface area contributed by atoms with Crippen molar-refractivity contribution in [2.24, 2.45) is 5.73 Å². The van der Waals surface area contributed by atoms with Gasteiger partial charge >= 0.3 is 0 Å². The van der Waals surface area contributed by atoms with Gasteiger partial charge in [0.25, 0.3) is 0 Å². The lowest BCUT2D eigenvalue weighted by atomic mass is 9.95. The molecule has 0 aliphatic carbocycles. The summed E-state index contributed by atoms with van der Waals surface area (Å²) < 4.78 is 0. The Morgan fingerprint density at radius 3 is 2.00 bits per heavy atom. The zero-order chi connectivity index (χ0) is 13.1. The number of nitrogens with two attached hydrogens (primary N) is 1. The molecule has 2 N–H and O–H groups in total. The summed E-state index contributed by atoms with van der Waals surface area (Å²) in [6.07, 6.45) is 1.59. The molecule has 0 radical (unpaired) electrons. The van der Waals surface area contributed by atoms with E-state index in [0.29, 0.717) is 32.6 Å². The number of amides is 2. The third-order valence-corrected chi connectivity index (χ3v) is 3.27. The van der Waals surface area contributed by atoms with Gasteiger partial charge in [-0.05, 0) is 13.3 Å². The Balaban J connectivity index is 0.00000289. The maximum atomic E-state index is 12.2. The fourth-order valence-electron chi connectivity index (χ4n) is 2.21. The molecule has 106 valence electrons. The molecule has 6 heteroatoms. The molecule has 0 aromatic rings. The first-order valence-corrected chi connectivity index (χ1v) is 6.22. The summed E-state index contributed by atoms with van der Waals surface area (Å²) in [7, 11) is 0. The monoisotopic (exact) mass is 277 g/mol. The lowest BCUT2D eigenvalue weighted by molar-refractivity contribution is -0.142. The van der Waals surface area contributed by atoms with Crippen molar-refractivity contribution < 1.29 is 9.59 Å². The van der Waals surface area contributed by atoms with Gasteiger partial charge in [-0.2, -0.15) is 0 Å². The smallest absolute Gasteiger partial charge is 0.242 e. The summed E-state index contributed by atoms with van der Waals surface area (Å²) in [6.45, 7) is 7.78. The first-order valence-electron chi connectivity index (χ1n) is 6.22. The van der Waals surface area contributed by atoms with E-state index >= 15 is 0 Å².